The van der Waals surface area contributed by atoms with Crippen molar-refractivity contribution in [3.05, 3.63) is 65.7 Å². The Kier molecular flexibility index (Phi) is 5.79. The summed E-state index contributed by atoms with van der Waals surface area (Å²) in [4.78, 5) is 54.4. The maximum Gasteiger partial charge on any atom is 0.316 e. The first kappa shape index (κ1) is 23.0. The number of esters is 1. The molecule has 1 aliphatic carbocycles. The molecule has 2 fully saturated rings. The van der Waals surface area contributed by atoms with Crippen molar-refractivity contribution in [1.82, 2.24) is 0 Å². The average Bonchev–Trinajstić information content (AvgIpc) is 3.33. The third-order valence-corrected chi connectivity index (χ3v) is 7.30. The summed E-state index contributed by atoms with van der Waals surface area (Å²) in [6.07, 6.45) is 4.64. The number of ether oxygens (including phenoxy) is 1. The SMILES string of the molecule is Cc1ccc(N2C[C@H](C(=O)Oc3ccc(N4C(=O)[C@@H]5[C@H](CC=C[C@@H]5C)C4=O)c(C)c3)CC2=O)cc1. The fourth-order valence-electron chi connectivity index (χ4n) is 5.37. The zero-order valence-corrected chi connectivity index (χ0v) is 20.1. The predicted octanol–water partition coefficient (Wildman–Crippen LogP) is 3.96. The van der Waals surface area contributed by atoms with Gasteiger partial charge in [-0.3, -0.25) is 19.2 Å². The van der Waals surface area contributed by atoms with E-state index in [1.54, 1.807) is 30.0 Å². The first-order valence-electron chi connectivity index (χ1n) is 12.0. The Morgan fingerprint density at radius 3 is 2.43 bits per heavy atom. The van der Waals surface area contributed by atoms with Gasteiger partial charge < -0.3 is 9.64 Å². The summed E-state index contributed by atoms with van der Waals surface area (Å²) in [5.74, 6) is -1.82. The van der Waals surface area contributed by atoms with E-state index in [-0.39, 0.29) is 48.4 Å². The number of carbonyl (C=O) groups excluding carboxylic acids is 4. The third-order valence-electron chi connectivity index (χ3n) is 7.30. The molecule has 5 rings (SSSR count). The van der Waals surface area contributed by atoms with E-state index in [0.717, 1.165) is 11.3 Å². The van der Waals surface area contributed by atoms with Gasteiger partial charge in [-0.25, -0.2) is 4.90 Å². The Morgan fingerprint density at radius 2 is 1.74 bits per heavy atom. The number of anilines is 2. The number of carbonyl (C=O) groups is 4. The Hall–Kier alpha value is -3.74. The van der Waals surface area contributed by atoms with Gasteiger partial charge in [-0.15, -0.1) is 0 Å². The zero-order chi connectivity index (χ0) is 24.9. The molecule has 0 aromatic heterocycles. The molecule has 180 valence electrons. The van der Waals surface area contributed by atoms with E-state index in [1.165, 1.54) is 4.90 Å². The number of amides is 3. The van der Waals surface area contributed by atoms with Crippen LogP contribution in [0.3, 0.4) is 0 Å². The highest BCUT2D eigenvalue weighted by Crippen LogP contribution is 2.41. The van der Waals surface area contributed by atoms with Gasteiger partial charge in [0, 0.05) is 18.7 Å². The Morgan fingerprint density at radius 1 is 1.00 bits per heavy atom. The monoisotopic (exact) mass is 472 g/mol. The molecule has 2 aromatic carbocycles. The van der Waals surface area contributed by atoms with Crippen LogP contribution < -0.4 is 14.5 Å². The Labute approximate surface area is 204 Å². The first-order chi connectivity index (χ1) is 16.7. The van der Waals surface area contributed by atoms with Crippen LogP contribution in [0.1, 0.15) is 30.9 Å². The second kappa shape index (κ2) is 8.80. The molecule has 2 saturated heterocycles. The maximum atomic E-state index is 13.1. The number of aryl methyl sites for hydroxylation is 2. The van der Waals surface area contributed by atoms with Gasteiger partial charge >= 0.3 is 5.97 Å². The van der Waals surface area contributed by atoms with Crippen molar-refractivity contribution in [2.45, 2.75) is 33.6 Å². The van der Waals surface area contributed by atoms with E-state index in [2.05, 4.69) is 0 Å². The number of benzene rings is 2. The second-order valence-corrected chi connectivity index (χ2v) is 9.78. The lowest BCUT2D eigenvalue weighted by atomic mass is 9.78. The van der Waals surface area contributed by atoms with Gasteiger partial charge in [0.15, 0.2) is 0 Å². The summed E-state index contributed by atoms with van der Waals surface area (Å²) >= 11 is 0. The molecule has 2 aliphatic heterocycles. The van der Waals surface area contributed by atoms with Crippen molar-refractivity contribution in [2.75, 3.05) is 16.3 Å². The van der Waals surface area contributed by atoms with Crippen LogP contribution in [-0.2, 0) is 19.2 Å². The minimum atomic E-state index is -0.567. The maximum absolute atomic E-state index is 13.1. The van der Waals surface area contributed by atoms with E-state index in [1.807, 2.05) is 50.3 Å². The number of hydrogen-bond acceptors (Lipinski definition) is 5. The molecule has 0 spiro atoms. The van der Waals surface area contributed by atoms with Crippen molar-refractivity contribution in [3.8, 4) is 5.75 Å². The molecule has 3 amide bonds. The van der Waals surface area contributed by atoms with E-state index in [4.69, 9.17) is 4.74 Å². The van der Waals surface area contributed by atoms with Gasteiger partial charge in [-0.2, -0.15) is 0 Å². The largest absolute Gasteiger partial charge is 0.426 e. The fraction of sp³-hybridized carbons (Fsp3) is 0.357. The number of fused-ring (bicyclic) bond motifs is 1. The van der Waals surface area contributed by atoms with Crippen LogP contribution in [0.2, 0.25) is 0 Å². The van der Waals surface area contributed by atoms with Crippen LogP contribution in [0.25, 0.3) is 0 Å². The molecule has 3 aliphatic rings. The number of nitrogens with zero attached hydrogens (tertiary/aromatic N) is 2. The summed E-state index contributed by atoms with van der Waals surface area (Å²) in [6, 6.07) is 12.5. The highest BCUT2D eigenvalue weighted by molar-refractivity contribution is 6.22. The standard InChI is InChI=1S/C28H28N2O5/c1-16-7-9-20(10-8-16)29-15-19(14-24(29)31)28(34)35-21-11-12-23(18(3)13-21)30-26(32)22-6-4-5-17(2)25(22)27(30)33/h4-5,7-13,17,19,22,25H,6,14-15H2,1-3H3/t17-,19+,22-,25-/m0/s1. The van der Waals surface area contributed by atoms with E-state index in [0.29, 0.717) is 23.4 Å². The summed E-state index contributed by atoms with van der Waals surface area (Å²) < 4.78 is 5.60. The second-order valence-electron chi connectivity index (χ2n) is 9.78. The lowest BCUT2D eigenvalue weighted by Gasteiger charge is -2.22. The predicted molar refractivity (Wildman–Crippen MR) is 131 cm³/mol. The fourth-order valence-corrected chi connectivity index (χ4v) is 5.37. The minimum absolute atomic E-state index is 0.0179. The zero-order valence-electron chi connectivity index (χ0n) is 20.1. The summed E-state index contributed by atoms with van der Waals surface area (Å²) in [5, 5.41) is 0. The molecule has 2 aromatic rings. The molecule has 7 heteroatoms. The number of hydrogen-bond donors (Lipinski definition) is 0. The normalized spacial score (nSPS) is 25.9. The molecule has 0 radical (unpaired) electrons. The van der Waals surface area contributed by atoms with Gasteiger partial charge in [0.25, 0.3) is 0 Å². The number of allylic oxidation sites excluding steroid dienone is 2. The van der Waals surface area contributed by atoms with E-state index < -0.39 is 11.9 Å². The molecule has 0 N–H and O–H groups in total. The highest BCUT2D eigenvalue weighted by atomic mass is 16.5. The van der Waals surface area contributed by atoms with Crippen molar-refractivity contribution >= 4 is 35.1 Å². The van der Waals surface area contributed by atoms with Crippen molar-refractivity contribution in [2.24, 2.45) is 23.7 Å². The van der Waals surface area contributed by atoms with Crippen LogP contribution >= 0.6 is 0 Å². The quantitative estimate of drug-likeness (QED) is 0.291. The van der Waals surface area contributed by atoms with Gasteiger partial charge in [-0.05, 0) is 62.1 Å². The molecular weight excluding hydrogens is 444 g/mol. The summed E-state index contributed by atoms with van der Waals surface area (Å²) in [6.45, 7) is 5.99. The Bertz CT molecular complexity index is 1250. The summed E-state index contributed by atoms with van der Waals surface area (Å²) in [7, 11) is 0. The van der Waals surface area contributed by atoms with Gasteiger partial charge in [-0.1, -0.05) is 36.8 Å². The van der Waals surface area contributed by atoms with Gasteiger partial charge in [0.2, 0.25) is 17.7 Å². The number of imide groups is 1. The smallest absolute Gasteiger partial charge is 0.316 e. The minimum Gasteiger partial charge on any atom is -0.426 e. The molecule has 0 saturated carbocycles. The van der Waals surface area contributed by atoms with Crippen LogP contribution in [0.15, 0.2) is 54.6 Å². The lowest BCUT2D eigenvalue weighted by molar-refractivity contribution is -0.139. The Balaban J connectivity index is 1.28. The molecule has 35 heavy (non-hydrogen) atoms. The van der Waals surface area contributed by atoms with Crippen LogP contribution in [-0.4, -0.2) is 30.2 Å². The van der Waals surface area contributed by atoms with Crippen molar-refractivity contribution < 1.29 is 23.9 Å². The number of rotatable bonds is 4. The molecule has 0 unspecified atom stereocenters. The topological polar surface area (TPSA) is 84.0 Å². The summed E-state index contributed by atoms with van der Waals surface area (Å²) in [5.41, 5.74) is 3.04. The van der Waals surface area contributed by atoms with Crippen LogP contribution in [0, 0.1) is 37.5 Å². The highest BCUT2D eigenvalue weighted by Gasteiger charge is 2.50. The van der Waals surface area contributed by atoms with Gasteiger partial charge in [0.05, 0.1) is 23.4 Å². The van der Waals surface area contributed by atoms with Crippen molar-refractivity contribution in [3.63, 3.8) is 0 Å². The van der Waals surface area contributed by atoms with Gasteiger partial charge in [0.1, 0.15) is 5.75 Å². The van der Waals surface area contributed by atoms with Crippen LogP contribution in [0.5, 0.6) is 5.75 Å². The molecule has 0 bridgehead atoms. The van der Waals surface area contributed by atoms with E-state index >= 15 is 0 Å². The van der Waals surface area contributed by atoms with Crippen molar-refractivity contribution in [1.29, 1.82) is 0 Å². The molecule has 2 heterocycles. The molecule has 7 nitrogen and oxygen atoms in total. The average molecular weight is 473 g/mol. The third kappa shape index (κ3) is 4.05. The first-order valence-corrected chi connectivity index (χ1v) is 12.0. The van der Waals surface area contributed by atoms with Crippen LogP contribution in [0.4, 0.5) is 11.4 Å². The molecular formula is C28H28N2O5. The van der Waals surface area contributed by atoms with E-state index in [9.17, 15) is 19.2 Å². The molecule has 4 atom stereocenters. The lowest BCUT2D eigenvalue weighted by Crippen LogP contribution is -2.32.